The summed E-state index contributed by atoms with van der Waals surface area (Å²) < 4.78 is 0. The number of aromatic carboxylic acids is 1. The van der Waals surface area contributed by atoms with E-state index in [4.69, 9.17) is 5.11 Å². The summed E-state index contributed by atoms with van der Waals surface area (Å²) in [6, 6.07) is 8.48. The summed E-state index contributed by atoms with van der Waals surface area (Å²) >= 11 is 1.65. The molecule has 2 aromatic heterocycles. The quantitative estimate of drug-likeness (QED) is 0.919. The second-order valence-corrected chi connectivity index (χ2v) is 6.62. The largest absolute Gasteiger partial charge is 0.477 e. The van der Waals surface area contributed by atoms with Gasteiger partial charge in [-0.05, 0) is 45.0 Å². The molecular formula is C16H18N2O3S. The molecule has 0 bridgehead atoms. The molecule has 0 aromatic carbocycles. The van der Waals surface area contributed by atoms with Crippen LogP contribution in [0.3, 0.4) is 0 Å². The van der Waals surface area contributed by atoms with Crippen molar-refractivity contribution < 1.29 is 14.7 Å². The molecule has 0 saturated heterocycles. The molecule has 0 spiro atoms. The van der Waals surface area contributed by atoms with Gasteiger partial charge in [-0.2, -0.15) is 0 Å². The molecule has 0 fully saturated rings. The Labute approximate surface area is 133 Å². The van der Waals surface area contributed by atoms with E-state index in [2.05, 4.69) is 4.98 Å². The fourth-order valence-electron chi connectivity index (χ4n) is 2.05. The van der Waals surface area contributed by atoms with Crippen molar-refractivity contribution in [2.75, 3.05) is 0 Å². The molecular weight excluding hydrogens is 300 g/mol. The predicted octanol–water partition coefficient (Wildman–Crippen LogP) is 3.20. The average Bonchev–Trinajstić information content (AvgIpc) is 2.89. The van der Waals surface area contributed by atoms with Crippen molar-refractivity contribution in [1.29, 1.82) is 0 Å². The van der Waals surface area contributed by atoms with E-state index in [0.717, 1.165) is 4.88 Å². The van der Waals surface area contributed by atoms with Gasteiger partial charge in [0.25, 0.3) is 5.91 Å². The number of hydrogen-bond donors (Lipinski definition) is 1. The van der Waals surface area contributed by atoms with Crippen LogP contribution in [0, 0.1) is 6.92 Å². The summed E-state index contributed by atoms with van der Waals surface area (Å²) in [4.78, 5) is 31.5. The first-order valence-electron chi connectivity index (χ1n) is 6.95. The number of carboxylic acid groups (broad SMARTS) is 1. The topological polar surface area (TPSA) is 70.5 Å². The molecule has 0 saturated carbocycles. The van der Waals surface area contributed by atoms with E-state index in [0.29, 0.717) is 6.54 Å². The Morgan fingerprint density at radius 2 is 1.91 bits per heavy atom. The summed E-state index contributed by atoms with van der Waals surface area (Å²) in [5, 5.41) is 8.99. The van der Waals surface area contributed by atoms with Crippen molar-refractivity contribution in [3.8, 4) is 0 Å². The number of rotatable bonds is 5. The van der Waals surface area contributed by atoms with Crippen LogP contribution in [-0.2, 0) is 6.54 Å². The zero-order valence-corrected chi connectivity index (χ0v) is 13.6. The van der Waals surface area contributed by atoms with Crippen molar-refractivity contribution >= 4 is 23.2 Å². The van der Waals surface area contributed by atoms with E-state index in [1.807, 2.05) is 32.9 Å². The molecule has 116 valence electrons. The lowest BCUT2D eigenvalue weighted by Gasteiger charge is -2.26. The molecule has 0 aliphatic carbocycles. The van der Waals surface area contributed by atoms with Gasteiger partial charge in [-0.1, -0.05) is 6.07 Å². The van der Waals surface area contributed by atoms with Gasteiger partial charge in [-0.3, -0.25) is 4.79 Å². The molecule has 22 heavy (non-hydrogen) atoms. The number of carboxylic acids is 1. The molecule has 0 aliphatic rings. The summed E-state index contributed by atoms with van der Waals surface area (Å²) in [6.07, 6.45) is 0. The van der Waals surface area contributed by atoms with E-state index in [1.165, 1.54) is 17.0 Å². The molecule has 2 aromatic rings. The number of amides is 1. The van der Waals surface area contributed by atoms with Gasteiger partial charge in [0.2, 0.25) is 0 Å². The lowest BCUT2D eigenvalue weighted by molar-refractivity contribution is 0.0681. The molecule has 0 atom stereocenters. The van der Waals surface area contributed by atoms with Crippen molar-refractivity contribution in [1.82, 2.24) is 9.88 Å². The summed E-state index contributed by atoms with van der Waals surface area (Å²) in [5.74, 6) is -1.40. The number of pyridine rings is 1. The van der Waals surface area contributed by atoms with Gasteiger partial charge < -0.3 is 10.0 Å². The fraction of sp³-hybridized carbons (Fsp3) is 0.312. The smallest absolute Gasteiger partial charge is 0.354 e. The zero-order valence-electron chi connectivity index (χ0n) is 12.7. The normalized spacial score (nSPS) is 10.7. The van der Waals surface area contributed by atoms with Gasteiger partial charge in [-0.25, -0.2) is 9.78 Å². The van der Waals surface area contributed by atoms with Crippen LogP contribution in [0.15, 0.2) is 30.3 Å². The minimum atomic E-state index is -1.14. The maximum atomic E-state index is 12.6. The number of aryl methyl sites for hydroxylation is 1. The highest BCUT2D eigenvalue weighted by atomic mass is 32.1. The molecule has 0 aliphatic heterocycles. The number of nitrogens with zero attached hydrogens (tertiary/aromatic N) is 2. The van der Waals surface area contributed by atoms with Crippen LogP contribution in [-0.4, -0.2) is 32.9 Å². The number of aromatic nitrogens is 1. The van der Waals surface area contributed by atoms with Crippen molar-refractivity contribution in [3.63, 3.8) is 0 Å². The third-order valence-corrected chi connectivity index (χ3v) is 4.18. The van der Waals surface area contributed by atoms with E-state index in [-0.39, 0.29) is 23.3 Å². The molecule has 6 heteroatoms. The number of hydrogen-bond acceptors (Lipinski definition) is 4. The average molecular weight is 318 g/mol. The van der Waals surface area contributed by atoms with Crippen LogP contribution in [0.1, 0.15) is 44.6 Å². The van der Waals surface area contributed by atoms with Gasteiger partial charge in [0.05, 0.1) is 6.54 Å². The van der Waals surface area contributed by atoms with Gasteiger partial charge in [0.1, 0.15) is 11.4 Å². The van der Waals surface area contributed by atoms with Gasteiger partial charge >= 0.3 is 5.97 Å². The predicted molar refractivity (Wildman–Crippen MR) is 85.3 cm³/mol. The second-order valence-electron chi connectivity index (χ2n) is 5.25. The number of carbonyl (C=O) groups is 2. The summed E-state index contributed by atoms with van der Waals surface area (Å²) in [5.41, 5.74) is 0.0309. The van der Waals surface area contributed by atoms with Crippen LogP contribution in [0.5, 0.6) is 0 Å². The standard InChI is InChI=1S/C16H18N2O3S/c1-10(2)18(9-12-8-7-11(3)22-12)15(19)13-5-4-6-14(17-13)16(20)21/h4-8,10H,9H2,1-3H3,(H,20,21). The van der Waals surface area contributed by atoms with Crippen LogP contribution >= 0.6 is 11.3 Å². The molecule has 2 heterocycles. The Bertz CT molecular complexity index is 694. The molecule has 1 amide bonds. The molecule has 5 nitrogen and oxygen atoms in total. The maximum absolute atomic E-state index is 12.6. The first kappa shape index (κ1) is 16.2. The minimum absolute atomic E-state index is 0.00908. The highest BCUT2D eigenvalue weighted by Gasteiger charge is 2.21. The Kier molecular flexibility index (Phi) is 4.92. The first-order valence-corrected chi connectivity index (χ1v) is 7.76. The highest BCUT2D eigenvalue weighted by Crippen LogP contribution is 2.19. The fourth-order valence-corrected chi connectivity index (χ4v) is 2.94. The van der Waals surface area contributed by atoms with Crippen LogP contribution in [0.2, 0.25) is 0 Å². The lowest BCUT2D eigenvalue weighted by atomic mass is 10.2. The zero-order chi connectivity index (χ0) is 16.3. The van der Waals surface area contributed by atoms with E-state index in [1.54, 1.807) is 22.3 Å². The lowest BCUT2D eigenvalue weighted by Crippen LogP contribution is -2.36. The molecule has 2 rings (SSSR count). The second kappa shape index (κ2) is 6.70. The Hall–Kier alpha value is -2.21. The van der Waals surface area contributed by atoms with Gasteiger partial charge in [0.15, 0.2) is 0 Å². The van der Waals surface area contributed by atoms with E-state index < -0.39 is 5.97 Å². The monoisotopic (exact) mass is 318 g/mol. The number of carbonyl (C=O) groups excluding carboxylic acids is 1. The maximum Gasteiger partial charge on any atom is 0.354 e. The summed E-state index contributed by atoms with van der Waals surface area (Å²) in [6.45, 7) is 6.38. The minimum Gasteiger partial charge on any atom is -0.477 e. The van der Waals surface area contributed by atoms with Gasteiger partial charge in [-0.15, -0.1) is 11.3 Å². The highest BCUT2D eigenvalue weighted by molar-refractivity contribution is 7.11. The van der Waals surface area contributed by atoms with E-state index >= 15 is 0 Å². The molecule has 1 N–H and O–H groups in total. The van der Waals surface area contributed by atoms with Crippen molar-refractivity contribution in [2.24, 2.45) is 0 Å². The summed E-state index contributed by atoms with van der Waals surface area (Å²) in [7, 11) is 0. The van der Waals surface area contributed by atoms with Gasteiger partial charge in [0, 0.05) is 15.8 Å². The van der Waals surface area contributed by atoms with Crippen LogP contribution < -0.4 is 0 Å². The third kappa shape index (κ3) is 3.71. The SMILES string of the molecule is Cc1ccc(CN(C(=O)c2cccc(C(=O)O)n2)C(C)C)s1. The van der Waals surface area contributed by atoms with Crippen molar-refractivity contribution in [2.45, 2.75) is 33.4 Å². The van der Waals surface area contributed by atoms with Crippen LogP contribution in [0.4, 0.5) is 0 Å². The third-order valence-electron chi connectivity index (χ3n) is 3.19. The number of thiophene rings is 1. The Morgan fingerprint density at radius 3 is 2.45 bits per heavy atom. The van der Waals surface area contributed by atoms with Crippen LogP contribution in [0.25, 0.3) is 0 Å². The Balaban J connectivity index is 2.26. The molecule has 0 radical (unpaired) electrons. The first-order chi connectivity index (χ1) is 10.4. The van der Waals surface area contributed by atoms with E-state index in [9.17, 15) is 9.59 Å². The molecule has 0 unspecified atom stereocenters. The Morgan fingerprint density at radius 1 is 1.23 bits per heavy atom. The van der Waals surface area contributed by atoms with Crippen molar-refractivity contribution in [3.05, 3.63) is 51.5 Å².